The number of hydrogen-bond acceptors (Lipinski definition) is 3. The van der Waals surface area contributed by atoms with Crippen LogP contribution in [0.5, 0.6) is 0 Å². The Morgan fingerprint density at radius 1 is 1.65 bits per heavy atom. The van der Waals surface area contributed by atoms with Crippen LogP contribution in [0.2, 0.25) is 0 Å². The van der Waals surface area contributed by atoms with E-state index in [0.29, 0.717) is 18.9 Å². The molecule has 0 aromatic heterocycles. The molecule has 1 aliphatic rings. The minimum atomic E-state index is -0.890. The molecular weight excluding hydrogens is 216 g/mol. The minimum Gasteiger partial charge on any atom is -0.379 e. The van der Waals surface area contributed by atoms with Crippen molar-refractivity contribution in [2.45, 2.75) is 39.7 Å². The van der Waals surface area contributed by atoms with Gasteiger partial charge in [0.15, 0.2) is 0 Å². The highest BCUT2D eigenvalue weighted by atomic mass is 16.5. The molecule has 1 saturated heterocycles. The molecule has 0 aromatic carbocycles. The molecule has 1 heterocycles. The number of likely N-dealkylation sites (tertiary alicyclic amines) is 1. The number of carbonyl (C=O) groups excluding carboxylic acids is 1. The second-order valence-corrected chi connectivity index (χ2v) is 5.09. The second kappa shape index (κ2) is 5.50. The molecule has 17 heavy (non-hydrogen) atoms. The van der Waals surface area contributed by atoms with Crippen molar-refractivity contribution in [1.82, 2.24) is 4.90 Å². The van der Waals surface area contributed by atoms with E-state index in [4.69, 9.17) is 10.00 Å². The maximum atomic E-state index is 12.3. The SMILES string of the molecule is CCC(C)(C#N)C(=O)N1CCC(C)C(OC)C1. The van der Waals surface area contributed by atoms with Gasteiger partial charge in [0.2, 0.25) is 5.91 Å². The van der Waals surface area contributed by atoms with Crippen LogP contribution in [0.15, 0.2) is 0 Å². The van der Waals surface area contributed by atoms with Crippen LogP contribution < -0.4 is 0 Å². The van der Waals surface area contributed by atoms with E-state index in [1.54, 1.807) is 18.9 Å². The van der Waals surface area contributed by atoms with Crippen LogP contribution in [0.4, 0.5) is 0 Å². The summed E-state index contributed by atoms with van der Waals surface area (Å²) >= 11 is 0. The van der Waals surface area contributed by atoms with Crippen LogP contribution in [0, 0.1) is 22.7 Å². The van der Waals surface area contributed by atoms with Crippen molar-refractivity contribution in [2.24, 2.45) is 11.3 Å². The van der Waals surface area contributed by atoms with Gasteiger partial charge in [0, 0.05) is 20.2 Å². The van der Waals surface area contributed by atoms with Gasteiger partial charge in [-0.25, -0.2) is 0 Å². The van der Waals surface area contributed by atoms with Crippen molar-refractivity contribution in [3.8, 4) is 6.07 Å². The molecule has 0 saturated carbocycles. The Labute approximate surface area is 104 Å². The average molecular weight is 238 g/mol. The first kappa shape index (κ1) is 14.0. The van der Waals surface area contributed by atoms with Crippen LogP contribution >= 0.6 is 0 Å². The molecule has 0 radical (unpaired) electrons. The molecule has 1 amide bonds. The molecule has 3 atom stereocenters. The van der Waals surface area contributed by atoms with Crippen LogP contribution in [0.25, 0.3) is 0 Å². The highest BCUT2D eigenvalue weighted by Crippen LogP contribution is 2.27. The third-order valence-electron chi connectivity index (χ3n) is 3.91. The number of nitrogens with zero attached hydrogens (tertiary/aromatic N) is 2. The van der Waals surface area contributed by atoms with Crippen molar-refractivity contribution in [1.29, 1.82) is 5.26 Å². The Morgan fingerprint density at radius 2 is 2.29 bits per heavy atom. The summed E-state index contributed by atoms with van der Waals surface area (Å²) in [6.07, 6.45) is 1.58. The molecule has 1 aliphatic heterocycles. The summed E-state index contributed by atoms with van der Waals surface area (Å²) in [6, 6.07) is 2.14. The standard InChI is InChI=1S/C13H22N2O2/c1-5-13(3,9-14)12(16)15-7-6-10(2)11(8-15)17-4/h10-11H,5-8H2,1-4H3. The van der Waals surface area contributed by atoms with Crippen LogP contribution in [-0.4, -0.2) is 37.1 Å². The predicted molar refractivity (Wildman–Crippen MR) is 65.2 cm³/mol. The molecule has 1 fully saturated rings. The van der Waals surface area contributed by atoms with Gasteiger partial charge in [-0.05, 0) is 25.7 Å². The van der Waals surface area contributed by atoms with Gasteiger partial charge in [-0.1, -0.05) is 13.8 Å². The number of piperidine rings is 1. The monoisotopic (exact) mass is 238 g/mol. The van der Waals surface area contributed by atoms with E-state index in [1.165, 1.54) is 0 Å². The molecule has 4 nitrogen and oxygen atoms in total. The highest BCUT2D eigenvalue weighted by Gasteiger charge is 2.38. The van der Waals surface area contributed by atoms with Crippen molar-refractivity contribution in [3.63, 3.8) is 0 Å². The number of carbonyl (C=O) groups is 1. The molecule has 0 aromatic rings. The number of methoxy groups -OCH3 is 1. The Balaban J connectivity index is 2.75. The fourth-order valence-electron chi connectivity index (χ4n) is 2.15. The smallest absolute Gasteiger partial charge is 0.242 e. The van der Waals surface area contributed by atoms with Gasteiger partial charge in [0.1, 0.15) is 5.41 Å². The summed E-state index contributed by atoms with van der Waals surface area (Å²) in [5, 5.41) is 9.13. The van der Waals surface area contributed by atoms with Crippen molar-refractivity contribution < 1.29 is 9.53 Å². The Morgan fingerprint density at radius 3 is 2.76 bits per heavy atom. The predicted octanol–water partition coefficient (Wildman–Crippen LogP) is 1.81. The number of rotatable bonds is 3. The topological polar surface area (TPSA) is 53.3 Å². The van der Waals surface area contributed by atoms with E-state index < -0.39 is 5.41 Å². The number of amides is 1. The highest BCUT2D eigenvalue weighted by molar-refractivity contribution is 5.85. The third-order valence-corrected chi connectivity index (χ3v) is 3.91. The van der Waals surface area contributed by atoms with Crippen molar-refractivity contribution in [3.05, 3.63) is 0 Å². The normalized spacial score (nSPS) is 28.3. The fraction of sp³-hybridized carbons (Fsp3) is 0.846. The molecule has 0 spiro atoms. The average Bonchev–Trinajstić information content (AvgIpc) is 2.37. The number of hydrogen-bond donors (Lipinski definition) is 0. The van der Waals surface area contributed by atoms with E-state index in [9.17, 15) is 4.79 Å². The van der Waals surface area contributed by atoms with Crippen LogP contribution in [0.1, 0.15) is 33.6 Å². The molecule has 96 valence electrons. The van der Waals surface area contributed by atoms with E-state index >= 15 is 0 Å². The molecule has 0 aliphatic carbocycles. The van der Waals surface area contributed by atoms with Crippen LogP contribution in [-0.2, 0) is 9.53 Å². The second-order valence-electron chi connectivity index (χ2n) is 5.09. The summed E-state index contributed by atoms with van der Waals surface area (Å²) in [5.74, 6) is 0.412. The summed E-state index contributed by atoms with van der Waals surface area (Å²) in [4.78, 5) is 14.1. The largest absolute Gasteiger partial charge is 0.379 e. The van der Waals surface area contributed by atoms with E-state index in [0.717, 1.165) is 13.0 Å². The van der Waals surface area contributed by atoms with Gasteiger partial charge in [-0.15, -0.1) is 0 Å². The summed E-state index contributed by atoms with van der Waals surface area (Å²) in [7, 11) is 1.68. The van der Waals surface area contributed by atoms with Crippen molar-refractivity contribution >= 4 is 5.91 Å². The Bertz CT molecular complexity index is 324. The molecule has 0 N–H and O–H groups in total. The molecular formula is C13H22N2O2. The summed E-state index contributed by atoms with van der Waals surface area (Å²) in [6.45, 7) is 7.07. The Kier molecular flexibility index (Phi) is 4.53. The lowest BCUT2D eigenvalue weighted by Crippen LogP contribution is -2.50. The first-order valence-electron chi connectivity index (χ1n) is 6.22. The molecule has 4 heteroatoms. The third kappa shape index (κ3) is 2.78. The van der Waals surface area contributed by atoms with Gasteiger partial charge < -0.3 is 9.64 Å². The summed E-state index contributed by atoms with van der Waals surface area (Å²) in [5.41, 5.74) is -0.890. The van der Waals surface area contributed by atoms with Gasteiger partial charge in [-0.2, -0.15) is 5.26 Å². The Hall–Kier alpha value is -1.08. The first-order chi connectivity index (χ1) is 7.98. The maximum Gasteiger partial charge on any atom is 0.242 e. The quantitative estimate of drug-likeness (QED) is 0.753. The van der Waals surface area contributed by atoms with Crippen molar-refractivity contribution in [2.75, 3.05) is 20.2 Å². The van der Waals surface area contributed by atoms with E-state index in [2.05, 4.69) is 13.0 Å². The molecule has 1 rings (SSSR count). The fourth-order valence-corrected chi connectivity index (χ4v) is 2.15. The molecule has 0 bridgehead atoms. The molecule has 3 unspecified atom stereocenters. The maximum absolute atomic E-state index is 12.3. The zero-order valence-corrected chi connectivity index (χ0v) is 11.2. The lowest BCUT2D eigenvalue weighted by Gasteiger charge is -2.38. The van der Waals surface area contributed by atoms with Gasteiger partial charge >= 0.3 is 0 Å². The van der Waals surface area contributed by atoms with E-state index in [-0.39, 0.29) is 12.0 Å². The number of nitriles is 1. The van der Waals surface area contributed by atoms with Gasteiger partial charge in [-0.3, -0.25) is 4.79 Å². The lowest BCUT2D eigenvalue weighted by atomic mass is 9.86. The first-order valence-corrected chi connectivity index (χ1v) is 6.22. The van der Waals surface area contributed by atoms with E-state index in [1.807, 2.05) is 6.92 Å². The van der Waals surface area contributed by atoms with Gasteiger partial charge in [0.25, 0.3) is 0 Å². The van der Waals surface area contributed by atoms with Gasteiger partial charge in [0.05, 0.1) is 12.2 Å². The summed E-state index contributed by atoms with van der Waals surface area (Å²) < 4.78 is 5.39. The zero-order valence-electron chi connectivity index (χ0n) is 11.2. The number of ether oxygens (including phenoxy) is 1. The van der Waals surface area contributed by atoms with Crippen LogP contribution in [0.3, 0.4) is 0 Å². The minimum absolute atomic E-state index is 0.0588. The zero-order chi connectivity index (χ0) is 13.1. The lowest BCUT2D eigenvalue weighted by molar-refractivity contribution is -0.143.